The summed E-state index contributed by atoms with van der Waals surface area (Å²) >= 11 is 12.4. The Kier molecular flexibility index (Phi) is 9.95. The number of anilines is 1. The maximum atomic E-state index is 13.1. The molecule has 2 heterocycles. The van der Waals surface area contributed by atoms with E-state index in [0.29, 0.717) is 42.4 Å². The molecule has 1 aromatic heterocycles. The van der Waals surface area contributed by atoms with Crippen molar-refractivity contribution in [3.63, 3.8) is 0 Å². The van der Waals surface area contributed by atoms with Crippen molar-refractivity contribution in [3.8, 4) is 5.88 Å². The van der Waals surface area contributed by atoms with E-state index in [9.17, 15) is 26.7 Å². The standard InChI is InChI=1S/C32H30Cl2F3N3O4S/c1-44-29-19-28(38-26-12-14-40(15-13-26)45(42,43)32(35,36)37)27-18-23(17-22(3-2-16-41)31(27)39-29)30(20-4-8-24(33)9-5-20)21-6-10-25(34)11-7-21/h2-11,17-19,26,30,41H,12-16H2,1H3,(H,38,39). The van der Waals surface area contributed by atoms with Gasteiger partial charge in [-0.05, 0) is 65.9 Å². The van der Waals surface area contributed by atoms with Crippen LogP contribution in [0.5, 0.6) is 5.88 Å². The number of fused-ring (bicyclic) bond motifs is 1. The minimum Gasteiger partial charge on any atom is -0.481 e. The van der Waals surface area contributed by atoms with Gasteiger partial charge in [-0.1, -0.05) is 59.6 Å². The van der Waals surface area contributed by atoms with Gasteiger partial charge in [0, 0.05) is 57.8 Å². The molecular formula is C32H30Cl2F3N3O4S. The predicted octanol–water partition coefficient (Wildman–Crippen LogP) is 7.46. The topological polar surface area (TPSA) is 91.8 Å². The Morgan fingerprint density at radius 2 is 1.58 bits per heavy atom. The number of methoxy groups -OCH3 is 1. The largest absolute Gasteiger partial charge is 0.511 e. The van der Waals surface area contributed by atoms with Gasteiger partial charge in [0.15, 0.2) is 0 Å². The normalized spacial score (nSPS) is 15.3. The zero-order valence-electron chi connectivity index (χ0n) is 24.1. The van der Waals surface area contributed by atoms with Gasteiger partial charge < -0.3 is 15.2 Å². The van der Waals surface area contributed by atoms with Crippen molar-refractivity contribution in [1.82, 2.24) is 9.29 Å². The summed E-state index contributed by atoms with van der Waals surface area (Å²) < 4.78 is 69.3. The van der Waals surface area contributed by atoms with Gasteiger partial charge in [0.2, 0.25) is 5.88 Å². The molecule has 7 nitrogen and oxygen atoms in total. The Morgan fingerprint density at radius 1 is 1.00 bits per heavy atom. The van der Waals surface area contributed by atoms with Crippen LogP contribution in [0.3, 0.4) is 0 Å². The summed E-state index contributed by atoms with van der Waals surface area (Å²) in [6.45, 7) is -0.743. The summed E-state index contributed by atoms with van der Waals surface area (Å²) in [7, 11) is -3.92. The van der Waals surface area contributed by atoms with Crippen molar-refractivity contribution in [2.24, 2.45) is 0 Å². The number of aromatic nitrogens is 1. The van der Waals surface area contributed by atoms with Gasteiger partial charge in [0.05, 0.1) is 19.2 Å². The highest BCUT2D eigenvalue weighted by molar-refractivity contribution is 7.90. The number of rotatable bonds is 9. The number of hydrogen-bond donors (Lipinski definition) is 2. The van der Waals surface area contributed by atoms with E-state index in [1.807, 2.05) is 60.7 Å². The van der Waals surface area contributed by atoms with Gasteiger partial charge in [-0.3, -0.25) is 0 Å². The Bertz CT molecular complexity index is 1750. The first kappa shape index (κ1) is 33.0. The lowest BCUT2D eigenvalue weighted by molar-refractivity contribution is -0.0494. The van der Waals surface area contributed by atoms with Crippen molar-refractivity contribution >= 4 is 55.9 Å². The second-order valence-corrected chi connectivity index (χ2v) is 13.4. The van der Waals surface area contributed by atoms with Crippen LogP contribution >= 0.6 is 23.2 Å². The lowest BCUT2D eigenvalue weighted by Gasteiger charge is -2.32. The van der Waals surface area contributed by atoms with Crippen LogP contribution in [-0.2, 0) is 10.0 Å². The SMILES string of the molecule is COc1cc(NC2CCN(S(=O)(=O)C(F)(F)F)CC2)c2cc(C(c3ccc(Cl)cc3)c3ccc(Cl)cc3)cc(C=CCO)c2n1. The number of piperidine rings is 1. The van der Waals surface area contributed by atoms with E-state index in [4.69, 9.17) is 32.9 Å². The van der Waals surface area contributed by atoms with Crippen molar-refractivity contribution in [2.45, 2.75) is 30.3 Å². The molecule has 0 atom stereocenters. The van der Waals surface area contributed by atoms with Gasteiger partial charge in [-0.15, -0.1) is 0 Å². The summed E-state index contributed by atoms with van der Waals surface area (Å²) in [6, 6.07) is 20.4. The van der Waals surface area contributed by atoms with Crippen LogP contribution in [0.4, 0.5) is 18.9 Å². The second-order valence-electron chi connectivity index (χ2n) is 10.6. The van der Waals surface area contributed by atoms with Crippen molar-refractivity contribution in [1.29, 1.82) is 0 Å². The fourth-order valence-corrected chi connectivity index (χ4v) is 6.78. The Morgan fingerprint density at radius 3 is 2.09 bits per heavy atom. The molecule has 238 valence electrons. The van der Waals surface area contributed by atoms with Crippen LogP contribution < -0.4 is 10.1 Å². The quantitative estimate of drug-likeness (QED) is 0.179. The molecule has 13 heteroatoms. The maximum absolute atomic E-state index is 13.1. The van der Waals surface area contributed by atoms with Crippen molar-refractivity contribution in [2.75, 3.05) is 32.1 Å². The highest BCUT2D eigenvalue weighted by atomic mass is 35.5. The molecule has 5 rings (SSSR count). The molecular weight excluding hydrogens is 650 g/mol. The first-order valence-corrected chi connectivity index (χ1v) is 16.2. The molecule has 1 aliphatic heterocycles. The average molecular weight is 681 g/mol. The third-order valence-electron chi connectivity index (χ3n) is 7.74. The molecule has 0 radical (unpaired) electrons. The van der Waals surface area contributed by atoms with Crippen molar-refractivity contribution in [3.05, 3.63) is 105 Å². The van der Waals surface area contributed by atoms with Crippen LogP contribution in [0.15, 0.2) is 72.8 Å². The third-order valence-corrected chi connectivity index (χ3v) is 9.87. The van der Waals surface area contributed by atoms with Gasteiger partial charge >= 0.3 is 15.5 Å². The number of benzene rings is 3. The van der Waals surface area contributed by atoms with Crippen LogP contribution in [0.2, 0.25) is 10.0 Å². The summed E-state index contributed by atoms with van der Waals surface area (Å²) in [5.41, 5.74) is -0.612. The van der Waals surface area contributed by atoms with E-state index in [1.54, 1.807) is 18.2 Å². The molecule has 2 N–H and O–H groups in total. The molecule has 1 aliphatic rings. The number of nitrogens with zero attached hydrogens (tertiary/aromatic N) is 2. The number of sulfonamides is 1. The molecule has 0 spiro atoms. The van der Waals surface area contributed by atoms with Gasteiger partial charge in [0.25, 0.3) is 0 Å². The van der Waals surface area contributed by atoms with Crippen LogP contribution in [0.1, 0.15) is 41.0 Å². The van der Waals surface area contributed by atoms with Gasteiger partial charge in [-0.2, -0.15) is 17.5 Å². The number of nitrogens with one attached hydrogen (secondary N) is 1. The summed E-state index contributed by atoms with van der Waals surface area (Å²) in [5.74, 6) is 0.0522. The molecule has 1 saturated heterocycles. The van der Waals surface area contributed by atoms with E-state index in [-0.39, 0.29) is 44.5 Å². The molecule has 0 unspecified atom stereocenters. The fourth-order valence-electron chi connectivity index (χ4n) is 5.55. The predicted molar refractivity (Wildman–Crippen MR) is 171 cm³/mol. The lowest BCUT2D eigenvalue weighted by Crippen LogP contribution is -2.47. The Balaban J connectivity index is 1.61. The molecule has 1 fully saturated rings. The molecule has 0 aliphatic carbocycles. The van der Waals surface area contributed by atoms with E-state index < -0.39 is 15.5 Å². The summed E-state index contributed by atoms with van der Waals surface area (Å²) in [5, 5.41) is 14.9. The number of hydrogen-bond acceptors (Lipinski definition) is 6. The van der Waals surface area contributed by atoms with Gasteiger partial charge in [0.1, 0.15) is 0 Å². The Hall–Kier alpha value is -3.35. The maximum Gasteiger partial charge on any atom is 0.511 e. The van der Waals surface area contributed by atoms with E-state index >= 15 is 0 Å². The zero-order valence-corrected chi connectivity index (χ0v) is 26.4. The summed E-state index contributed by atoms with van der Waals surface area (Å²) in [4.78, 5) is 4.70. The number of aliphatic hydroxyl groups excluding tert-OH is 1. The van der Waals surface area contributed by atoms with Gasteiger partial charge in [-0.25, -0.2) is 13.4 Å². The highest BCUT2D eigenvalue weighted by Crippen LogP contribution is 2.39. The lowest BCUT2D eigenvalue weighted by atomic mass is 9.83. The Labute approximate surface area is 269 Å². The highest BCUT2D eigenvalue weighted by Gasteiger charge is 2.50. The average Bonchev–Trinajstić information content (AvgIpc) is 3.01. The minimum absolute atomic E-state index is 0.163. The number of ether oxygens (including phenoxy) is 1. The number of halogens is 5. The molecule has 4 aromatic rings. The monoisotopic (exact) mass is 679 g/mol. The molecule has 45 heavy (non-hydrogen) atoms. The van der Waals surface area contributed by atoms with E-state index in [2.05, 4.69) is 5.32 Å². The smallest absolute Gasteiger partial charge is 0.481 e. The van der Waals surface area contributed by atoms with Crippen LogP contribution in [-0.4, -0.2) is 61.2 Å². The van der Waals surface area contributed by atoms with Crippen molar-refractivity contribution < 1.29 is 31.4 Å². The molecule has 0 amide bonds. The van der Waals surface area contributed by atoms with E-state index in [0.717, 1.165) is 16.7 Å². The van der Waals surface area contributed by atoms with Crippen LogP contribution in [0, 0.1) is 0 Å². The first-order chi connectivity index (χ1) is 21.4. The molecule has 3 aromatic carbocycles. The summed E-state index contributed by atoms with van der Waals surface area (Å²) in [6.07, 6.45) is 3.69. The zero-order chi connectivity index (χ0) is 32.4. The number of pyridine rings is 1. The van der Waals surface area contributed by atoms with E-state index in [1.165, 1.54) is 7.11 Å². The first-order valence-electron chi connectivity index (χ1n) is 14.0. The molecule has 0 saturated carbocycles. The third kappa shape index (κ3) is 7.23. The molecule has 0 bridgehead atoms. The number of aliphatic hydroxyl groups is 1. The second kappa shape index (κ2) is 13.6. The number of alkyl halides is 3. The van der Waals surface area contributed by atoms with Crippen LogP contribution in [0.25, 0.3) is 17.0 Å². The minimum atomic E-state index is -5.40. The fraction of sp³-hybridized carbons (Fsp3) is 0.281.